The van der Waals surface area contributed by atoms with Crippen LogP contribution in [0.15, 0.2) is 48.5 Å². The molecule has 8 nitrogen and oxygen atoms in total. The smallest absolute Gasteiger partial charge is 0.273 e. The molecule has 0 aromatic heterocycles. The Morgan fingerprint density at radius 2 is 1.59 bits per heavy atom. The second kappa shape index (κ2) is 6.64. The first kappa shape index (κ1) is 15.4. The van der Waals surface area contributed by atoms with Gasteiger partial charge in [0.1, 0.15) is 18.5 Å². The maximum absolute atomic E-state index is 10.7. The number of nitro groups is 2. The average Bonchev–Trinajstić information content (AvgIpc) is 2.53. The summed E-state index contributed by atoms with van der Waals surface area (Å²) in [5, 5.41) is 31.3. The predicted octanol–water partition coefficient (Wildman–Crippen LogP) is 2.62. The number of aliphatic hydroxyl groups is 1. The average molecular weight is 304 g/mol. The topological polar surface area (TPSA) is 116 Å². The largest absolute Gasteiger partial charge is 0.490 e. The van der Waals surface area contributed by atoms with Gasteiger partial charge in [-0.05, 0) is 11.6 Å². The van der Waals surface area contributed by atoms with Crippen molar-refractivity contribution in [3.63, 3.8) is 0 Å². The molecule has 2 aromatic carbocycles. The summed E-state index contributed by atoms with van der Waals surface area (Å²) in [6.45, 7) is -0.178. The number of benzene rings is 2. The Balaban J connectivity index is 2.05. The lowest BCUT2D eigenvalue weighted by molar-refractivity contribution is -0.385. The molecule has 0 saturated carbocycles. The van der Waals surface area contributed by atoms with Crippen molar-refractivity contribution in [1.29, 1.82) is 0 Å². The van der Waals surface area contributed by atoms with Gasteiger partial charge in [-0.3, -0.25) is 20.2 Å². The van der Waals surface area contributed by atoms with E-state index in [1.165, 1.54) is 48.5 Å². The predicted molar refractivity (Wildman–Crippen MR) is 76.6 cm³/mol. The number of hydrogen-bond donors (Lipinski definition) is 1. The fraction of sp³-hybridized carbons (Fsp3) is 0.143. The molecule has 1 atom stereocenters. The molecule has 0 spiro atoms. The fourth-order valence-corrected chi connectivity index (χ4v) is 1.80. The second-order valence-electron chi connectivity index (χ2n) is 4.43. The number of nitrogens with zero attached hydrogens (tertiary/aromatic N) is 2. The van der Waals surface area contributed by atoms with Gasteiger partial charge in [-0.2, -0.15) is 0 Å². The summed E-state index contributed by atoms with van der Waals surface area (Å²) in [7, 11) is 0. The summed E-state index contributed by atoms with van der Waals surface area (Å²) >= 11 is 0. The van der Waals surface area contributed by atoms with Gasteiger partial charge >= 0.3 is 0 Å². The molecule has 2 rings (SSSR count). The van der Waals surface area contributed by atoms with E-state index >= 15 is 0 Å². The first-order chi connectivity index (χ1) is 10.5. The van der Waals surface area contributed by atoms with Crippen LogP contribution in [0.2, 0.25) is 0 Å². The molecule has 1 unspecified atom stereocenters. The van der Waals surface area contributed by atoms with Gasteiger partial charge in [-0.25, -0.2) is 0 Å². The van der Waals surface area contributed by atoms with Crippen molar-refractivity contribution in [3.8, 4) is 5.75 Å². The van der Waals surface area contributed by atoms with Gasteiger partial charge in [-0.15, -0.1) is 0 Å². The Morgan fingerprint density at radius 1 is 1.00 bits per heavy atom. The van der Waals surface area contributed by atoms with Crippen molar-refractivity contribution in [2.24, 2.45) is 0 Å². The second-order valence-corrected chi connectivity index (χ2v) is 4.43. The number of ether oxygens (including phenoxy) is 1. The van der Waals surface area contributed by atoms with Crippen molar-refractivity contribution in [1.82, 2.24) is 0 Å². The van der Waals surface area contributed by atoms with Crippen molar-refractivity contribution in [3.05, 3.63) is 74.3 Å². The number of nitro benzene ring substituents is 2. The van der Waals surface area contributed by atoms with Gasteiger partial charge in [0.15, 0.2) is 0 Å². The van der Waals surface area contributed by atoms with Crippen LogP contribution in [0.3, 0.4) is 0 Å². The lowest BCUT2D eigenvalue weighted by atomic mass is 10.1. The van der Waals surface area contributed by atoms with E-state index in [4.69, 9.17) is 4.74 Å². The Labute approximate surface area is 124 Å². The van der Waals surface area contributed by atoms with Crippen LogP contribution in [0.5, 0.6) is 5.75 Å². The van der Waals surface area contributed by atoms with Crippen molar-refractivity contribution in [2.45, 2.75) is 6.10 Å². The molecule has 2 aromatic rings. The summed E-state index contributed by atoms with van der Waals surface area (Å²) in [6, 6.07) is 11.1. The number of non-ortho nitro benzene ring substituents is 2. The van der Waals surface area contributed by atoms with Gasteiger partial charge in [-0.1, -0.05) is 18.2 Å². The van der Waals surface area contributed by atoms with E-state index in [9.17, 15) is 25.3 Å². The van der Waals surface area contributed by atoms with E-state index in [0.29, 0.717) is 5.56 Å². The zero-order chi connectivity index (χ0) is 16.1. The van der Waals surface area contributed by atoms with Crippen LogP contribution in [0.1, 0.15) is 11.7 Å². The molecule has 0 heterocycles. The van der Waals surface area contributed by atoms with Crippen molar-refractivity contribution >= 4 is 11.4 Å². The van der Waals surface area contributed by atoms with Crippen LogP contribution in [0, 0.1) is 20.2 Å². The third-order valence-electron chi connectivity index (χ3n) is 2.90. The van der Waals surface area contributed by atoms with E-state index in [1.807, 2.05) is 0 Å². The van der Waals surface area contributed by atoms with E-state index in [2.05, 4.69) is 0 Å². The highest BCUT2D eigenvalue weighted by Gasteiger charge is 2.14. The van der Waals surface area contributed by atoms with Crippen LogP contribution in [0.25, 0.3) is 0 Å². The molecule has 8 heteroatoms. The molecular formula is C14H12N2O6. The molecule has 22 heavy (non-hydrogen) atoms. The summed E-state index contributed by atoms with van der Waals surface area (Å²) in [5.74, 6) is 0.235. The SMILES string of the molecule is O=[N+]([O-])c1cccc(OCC(O)c2cccc([N+](=O)[O-])c2)c1. The van der Waals surface area contributed by atoms with Gasteiger partial charge < -0.3 is 9.84 Å². The third kappa shape index (κ3) is 3.76. The van der Waals surface area contributed by atoms with E-state index in [0.717, 1.165) is 0 Å². The van der Waals surface area contributed by atoms with Gasteiger partial charge in [0.25, 0.3) is 11.4 Å². The Morgan fingerprint density at radius 3 is 2.23 bits per heavy atom. The summed E-state index contributed by atoms with van der Waals surface area (Å²) in [6.07, 6.45) is -1.08. The highest BCUT2D eigenvalue weighted by molar-refractivity contribution is 5.38. The van der Waals surface area contributed by atoms with Gasteiger partial charge in [0, 0.05) is 18.2 Å². The number of rotatable bonds is 6. The third-order valence-corrected chi connectivity index (χ3v) is 2.90. The van der Waals surface area contributed by atoms with Crippen LogP contribution in [-0.4, -0.2) is 21.6 Å². The molecule has 0 bridgehead atoms. The quantitative estimate of drug-likeness (QED) is 0.647. The van der Waals surface area contributed by atoms with E-state index < -0.39 is 16.0 Å². The maximum Gasteiger partial charge on any atom is 0.273 e. The van der Waals surface area contributed by atoms with Gasteiger partial charge in [0.2, 0.25) is 0 Å². The van der Waals surface area contributed by atoms with Crippen LogP contribution in [-0.2, 0) is 0 Å². The first-order valence-corrected chi connectivity index (χ1v) is 6.27. The normalized spacial score (nSPS) is 11.7. The van der Waals surface area contributed by atoms with Crippen LogP contribution in [0.4, 0.5) is 11.4 Å². The summed E-state index contributed by atoms with van der Waals surface area (Å²) < 4.78 is 5.29. The highest BCUT2D eigenvalue weighted by Crippen LogP contribution is 2.22. The van der Waals surface area contributed by atoms with Crippen LogP contribution >= 0.6 is 0 Å². The summed E-state index contributed by atoms with van der Waals surface area (Å²) in [5.41, 5.74) is 0.0777. The molecule has 0 radical (unpaired) electrons. The van der Waals surface area contributed by atoms with Crippen molar-refractivity contribution in [2.75, 3.05) is 6.61 Å². The first-order valence-electron chi connectivity index (χ1n) is 6.27. The minimum Gasteiger partial charge on any atom is -0.490 e. The number of hydrogen-bond acceptors (Lipinski definition) is 6. The molecule has 0 aliphatic carbocycles. The van der Waals surface area contributed by atoms with Crippen LogP contribution < -0.4 is 4.74 Å². The summed E-state index contributed by atoms with van der Waals surface area (Å²) in [4.78, 5) is 20.2. The Bertz CT molecular complexity index is 703. The van der Waals surface area contributed by atoms with Crippen molar-refractivity contribution < 1.29 is 19.7 Å². The molecule has 0 aliphatic rings. The monoisotopic (exact) mass is 304 g/mol. The maximum atomic E-state index is 10.7. The fourth-order valence-electron chi connectivity index (χ4n) is 1.80. The number of aliphatic hydroxyl groups excluding tert-OH is 1. The zero-order valence-corrected chi connectivity index (χ0v) is 11.3. The Hall–Kier alpha value is -3.00. The lowest BCUT2D eigenvalue weighted by Gasteiger charge is -2.12. The molecule has 0 fully saturated rings. The van der Waals surface area contributed by atoms with Gasteiger partial charge in [0.05, 0.1) is 15.9 Å². The minimum absolute atomic E-state index is 0.123. The standard InChI is InChI=1S/C14H12N2O6/c17-14(10-3-1-4-11(7-10)15(18)19)9-22-13-6-2-5-12(8-13)16(20)21/h1-8,14,17H,9H2. The molecule has 0 aliphatic heterocycles. The highest BCUT2D eigenvalue weighted by atomic mass is 16.6. The Kier molecular flexibility index (Phi) is 4.64. The zero-order valence-electron chi connectivity index (χ0n) is 11.3. The minimum atomic E-state index is -1.08. The lowest BCUT2D eigenvalue weighted by Crippen LogP contribution is -2.10. The van der Waals surface area contributed by atoms with E-state index in [-0.39, 0.29) is 23.7 Å². The molecule has 114 valence electrons. The van der Waals surface area contributed by atoms with E-state index in [1.54, 1.807) is 0 Å². The molecule has 1 N–H and O–H groups in total. The molecule has 0 saturated heterocycles. The molecular weight excluding hydrogens is 292 g/mol. The molecule has 0 amide bonds.